The van der Waals surface area contributed by atoms with Crippen molar-refractivity contribution < 1.29 is 5.11 Å². The molecule has 0 aromatic carbocycles. The zero-order valence-electron chi connectivity index (χ0n) is 8.58. The Morgan fingerprint density at radius 1 is 1.38 bits per heavy atom. The molecule has 0 heterocycles. The van der Waals surface area contributed by atoms with Crippen LogP contribution in [0.3, 0.4) is 0 Å². The molecule has 0 rings (SSSR count). The fraction of sp³-hybridized carbons (Fsp3) is 0.889. The van der Waals surface area contributed by atoms with Gasteiger partial charge in [0.1, 0.15) is 0 Å². The van der Waals surface area contributed by atoms with Gasteiger partial charge < -0.3 is 5.11 Å². The highest BCUT2D eigenvalue weighted by Crippen LogP contribution is 2.26. The van der Waals surface area contributed by atoms with Crippen molar-refractivity contribution in [1.29, 1.82) is 5.26 Å². The van der Waals surface area contributed by atoms with Gasteiger partial charge in [-0.05, 0) is 27.7 Å². The van der Waals surface area contributed by atoms with E-state index in [-0.39, 0.29) is 18.5 Å². The van der Waals surface area contributed by atoms with Crippen LogP contribution in [0.2, 0.25) is 0 Å². The molecule has 1 unspecified atom stereocenters. The first-order valence-corrected chi connectivity index (χ1v) is 4.77. The molecule has 0 amide bonds. The third-order valence-electron chi connectivity index (χ3n) is 1.81. The van der Waals surface area contributed by atoms with Gasteiger partial charge >= 0.3 is 0 Å². The summed E-state index contributed by atoms with van der Waals surface area (Å²) in [6.07, 6.45) is -0.0923. The summed E-state index contributed by atoms with van der Waals surface area (Å²) < 4.78 is 0. The minimum absolute atomic E-state index is 0.0923. The number of halogens is 1. The Bertz CT molecular complexity index is 188. The van der Waals surface area contributed by atoms with E-state index in [4.69, 9.17) is 16.9 Å². The Hall–Kier alpha value is -0.300. The molecule has 0 radical (unpaired) electrons. The topological polar surface area (TPSA) is 47.3 Å². The molecule has 3 nitrogen and oxygen atoms in total. The molecule has 0 aliphatic rings. The summed E-state index contributed by atoms with van der Waals surface area (Å²) in [6, 6.07) is 2.09. The molecule has 76 valence electrons. The zero-order chi connectivity index (χ0) is 10.6. The molecule has 0 spiro atoms. The van der Waals surface area contributed by atoms with Crippen LogP contribution in [0.1, 0.15) is 34.1 Å². The number of alkyl halides is 1. The Labute approximate surface area is 84.9 Å². The highest BCUT2D eigenvalue weighted by atomic mass is 35.5. The predicted octanol–water partition coefficient (Wildman–Crippen LogP) is 1.90. The molecule has 0 saturated heterocycles. The summed E-state index contributed by atoms with van der Waals surface area (Å²) in [5.74, 6) is 0. The molecule has 0 aromatic rings. The lowest BCUT2D eigenvalue weighted by Gasteiger charge is -2.39. The van der Waals surface area contributed by atoms with Crippen molar-refractivity contribution in [3.8, 4) is 6.07 Å². The van der Waals surface area contributed by atoms with Crippen LogP contribution in [0.15, 0.2) is 0 Å². The van der Waals surface area contributed by atoms with Crippen LogP contribution < -0.4 is 0 Å². The molecular weight excluding hydrogens is 188 g/mol. The van der Waals surface area contributed by atoms with Gasteiger partial charge in [0.25, 0.3) is 0 Å². The molecule has 0 aliphatic carbocycles. The predicted molar refractivity (Wildman–Crippen MR) is 53.1 cm³/mol. The van der Waals surface area contributed by atoms with Gasteiger partial charge in [-0.25, -0.2) is 0 Å². The van der Waals surface area contributed by atoms with E-state index in [1.54, 1.807) is 4.90 Å². The Morgan fingerprint density at radius 2 is 1.77 bits per heavy atom. The Balaban J connectivity index is 4.64. The molecule has 4 heteroatoms. The van der Waals surface area contributed by atoms with Gasteiger partial charge in [0, 0.05) is 12.1 Å². The Kier molecular flexibility index (Phi) is 4.69. The molecular formula is C9H17ClN2O. The number of nitrogens with zero attached hydrogens (tertiary/aromatic N) is 2. The fourth-order valence-electron chi connectivity index (χ4n) is 1.58. The Morgan fingerprint density at radius 3 is 2.00 bits per heavy atom. The van der Waals surface area contributed by atoms with Crippen molar-refractivity contribution in [1.82, 2.24) is 4.90 Å². The summed E-state index contributed by atoms with van der Waals surface area (Å²) in [5, 5.41) is 16.7. The summed E-state index contributed by atoms with van der Waals surface area (Å²) in [7, 11) is 0. The first kappa shape index (κ1) is 12.7. The standard InChI is InChI=1S/C9H17ClN2O/c1-7(2)12(8(3)4)9(10,13)5-6-11/h7-8,13H,5H2,1-4H3. The van der Waals surface area contributed by atoms with Crippen LogP contribution in [-0.2, 0) is 0 Å². The SMILES string of the molecule is CC(C)N(C(C)C)C(O)(Cl)CC#N. The van der Waals surface area contributed by atoms with Crippen molar-refractivity contribution in [2.45, 2.75) is 51.4 Å². The van der Waals surface area contributed by atoms with Gasteiger partial charge in [-0.3, -0.25) is 4.90 Å². The van der Waals surface area contributed by atoms with Crippen LogP contribution in [0.5, 0.6) is 0 Å². The smallest absolute Gasteiger partial charge is 0.209 e. The van der Waals surface area contributed by atoms with E-state index in [2.05, 4.69) is 0 Å². The molecule has 0 saturated carbocycles. The molecule has 1 atom stereocenters. The van der Waals surface area contributed by atoms with Crippen molar-refractivity contribution in [3.63, 3.8) is 0 Å². The van der Waals surface area contributed by atoms with Crippen LogP contribution in [0.25, 0.3) is 0 Å². The van der Waals surface area contributed by atoms with Gasteiger partial charge in [0.2, 0.25) is 5.18 Å². The molecule has 1 N–H and O–H groups in total. The first-order valence-electron chi connectivity index (χ1n) is 4.39. The second kappa shape index (κ2) is 4.80. The lowest BCUT2D eigenvalue weighted by molar-refractivity contribution is -0.0698. The van der Waals surface area contributed by atoms with E-state index >= 15 is 0 Å². The van der Waals surface area contributed by atoms with Gasteiger partial charge in [-0.15, -0.1) is 0 Å². The normalized spacial score (nSPS) is 16.3. The van der Waals surface area contributed by atoms with Gasteiger partial charge in [-0.2, -0.15) is 5.26 Å². The summed E-state index contributed by atoms with van der Waals surface area (Å²) >= 11 is 5.85. The summed E-state index contributed by atoms with van der Waals surface area (Å²) in [5.41, 5.74) is 0. The van der Waals surface area contributed by atoms with Crippen LogP contribution in [-0.4, -0.2) is 27.3 Å². The number of aliphatic hydroxyl groups is 1. The first-order chi connectivity index (χ1) is 5.83. The fourth-order valence-corrected chi connectivity index (χ4v) is 2.03. The number of nitriles is 1. The van der Waals surface area contributed by atoms with Gasteiger partial charge in [0.05, 0.1) is 12.5 Å². The molecule has 0 bridgehead atoms. The lowest BCUT2D eigenvalue weighted by Crippen LogP contribution is -2.51. The minimum atomic E-state index is -1.54. The maximum absolute atomic E-state index is 9.78. The highest BCUT2D eigenvalue weighted by molar-refractivity contribution is 6.22. The zero-order valence-corrected chi connectivity index (χ0v) is 9.34. The van der Waals surface area contributed by atoms with Gasteiger partial charge in [0.15, 0.2) is 0 Å². The second-order valence-electron chi connectivity index (χ2n) is 3.65. The third-order valence-corrected chi connectivity index (χ3v) is 2.14. The van der Waals surface area contributed by atoms with Crippen LogP contribution >= 0.6 is 11.6 Å². The molecule has 0 aromatic heterocycles. The maximum atomic E-state index is 9.78. The number of hydrogen-bond acceptors (Lipinski definition) is 3. The van der Waals surface area contributed by atoms with Crippen LogP contribution in [0, 0.1) is 11.3 Å². The maximum Gasteiger partial charge on any atom is 0.209 e. The van der Waals surface area contributed by atoms with E-state index < -0.39 is 5.18 Å². The van der Waals surface area contributed by atoms with E-state index in [1.165, 1.54) is 0 Å². The highest BCUT2D eigenvalue weighted by Gasteiger charge is 2.35. The molecule has 0 fully saturated rings. The summed E-state index contributed by atoms with van der Waals surface area (Å²) in [6.45, 7) is 7.74. The summed E-state index contributed by atoms with van der Waals surface area (Å²) in [4.78, 5) is 1.71. The third kappa shape index (κ3) is 3.51. The van der Waals surface area contributed by atoms with Crippen molar-refractivity contribution in [2.24, 2.45) is 0 Å². The van der Waals surface area contributed by atoms with Crippen molar-refractivity contribution in [3.05, 3.63) is 0 Å². The number of rotatable bonds is 4. The van der Waals surface area contributed by atoms with E-state index in [1.807, 2.05) is 33.8 Å². The lowest BCUT2D eigenvalue weighted by atomic mass is 10.2. The van der Waals surface area contributed by atoms with E-state index in [9.17, 15) is 5.11 Å². The average Bonchev–Trinajstić information content (AvgIpc) is 1.82. The van der Waals surface area contributed by atoms with E-state index in [0.717, 1.165) is 0 Å². The van der Waals surface area contributed by atoms with E-state index in [0.29, 0.717) is 0 Å². The average molecular weight is 205 g/mol. The number of hydrogen-bond donors (Lipinski definition) is 1. The van der Waals surface area contributed by atoms with Crippen molar-refractivity contribution in [2.75, 3.05) is 0 Å². The molecule has 0 aliphatic heterocycles. The quantitative estimate of drug-likeness (QED) is 0.432. The largest absolute Gasteiger partial charge is 0.362 e. The van der Waals surface area contributed by atoms with Gasteiger partial charge in [-0.1, -0.05) is 11.6 Å². The monoisotopic (exact) mass is 204 g/mol. The minimum Gasteiger partial charge on any atom is -0.362 e. The molecule has 13 heavy (non-hydrogen) atoms. The second-order valence-corrected chi connectivity index (χ2v) is 4.25. The van der Waals surface area contributed by atoms with Crippen molar-refractivity contribution >= 4 is 11.6 Å². The van der Waals surface area contributed by atoms with Crippen LogP contribution in [0.4, 0.5) is 0 Å².